The van der Waals surface area contributed by atoms with Crippen LogP contribution in [0.3, 0.4) is 0 Å². The van der Waals surface area contributed by atoms with E-state index in [4.69, 9.17) is 10.5 Å². The molecule has 2 saturated heterocycles. The molecule has 5 nitrogen and oxygen atoms in total. The number of nitrogens with two attached hydrogens (primary N) is 1. The first kappa shape index (κ1) is 13.5. The number of hydrogen-bond donors (Lipinski definition) is 1. The molecular weight excluding hydrogens is 252 g/mol. The van der Waals surface area contributed by atoms with Crippen LogP contribution < -0.4 is 15.4 Å². The monoisotopic (exact) mass is 276 g/mol. The highest BCUT2D eigenvalue weighted by atomic mass is 16.5. The SMILES string of the molecule is COc1nc(N2CCC(N3CCCCC3)C2)ccc1N. The van der Waals surface area contributed by atoms with Crippen LogP contribution in [0.1, 0.15) is 25.7 Å². The average molecular weight is 276 g/mol. The van der Waals surface area contributed by atoms with Gasteiger partial charge in [-0.1, -0.05) is 6.42 Å². The second-order valence-electron chi connectivity index (χ2n) is 5.75. The van der Waals surface area contributed by atoms with Gasteiger partial charge in [-0.3, -0.25) is 4.90 Å². The molecule has 1 aromatic rings. The average Bonchev–Trinajstić information content (AvgIpc) is 2.98. The van der Waals surface area contributed by atoms with Gasteiger partial charge in [0, 0.05) is 19.1 Å². The molecule has 1 aromatic heterocycles. The summed E-state index contributed by atoms with van der Waals surface area (Å²) in [4.78, 5) is 9.51. The molecule has 0 aromatic carbocycles. The van der Waals surface area contributed by atoms with Gasteiger partial charge in [0.15, 0.2) is 0 Å². The number of rotatable bonds is 3. The number of ether oxygens (including phenoxy) is 1. The van der Waals surface area contributed by atoms with Crippen LogP contribution in [0.15, 0.2) is 12.1 Å². The molecule has 2 aliphatic rings. The zero-order chi connectivity index (χ0) is 13.9. The minimum Gasteiger partial charge on any atom is -0.479 e. The number of pyridine rings is 1. The highest BCUT2D eigenvalue weighted by Gasteiger charge is 2.29. The molecule has 110 valence electrons. The predicted octanol–water partition coefficient (Wildman–Crippen LogP) is 1.74. The van der Waals surface area contributed by atoms with Gasteiger partial charge in [0.05, 0.1) is 12.8 Å². The minimum absolute atomic E-state index is 0.531. The second kappa shape index (κ2) is 5.87. The molecule has 3 rings (SSSR count). The summed E-state index contributed by atoms with van der Waals surface area (Å²) < 4.78 is 5.22. The van der Waals surface area contributed by atoms with Crippen molar-refractivity contribution in [3.05, 3.63) is 12.1 Å². The normalized spacial score (nSPS) is 24.1. The summed E-state index contributed by atoms with van der Waals surface area (Å²) >= 11 is 0. The van der Waals surface area contributed by atoms with Crippen molar-refractivity contribution in [1.82, 2.24) is 9.88 Å². The van der Waals surface area contributed by atoms with Crippen LogP contribution in [0.5, 0.6) is 5.88 Å². The number of nitrogen functional groups attached to an aromatic ring is 1. The lowest BCUT2D eigenvalue weighted by Gasteiger charge is -2.32. The Balaban J connectivity index is 1.67. The predicted molar refractivity (Wildman–Crippen MR) is 81.2 cm³/mol. The van der Waals surface area contributed by atoms with Gasteiger partial charge in [-0.2, -0.15) is 4.98 Å². The van der Waals surface area contributed by atoms with E-state index in [1.54, 1.807) is 7.11 Å². The van der Waals surface area contributed by atoms with Crippen molar-refractivity contribution in [2.45, 2.75) is 31.7 Å². The zero-order valence-electron chi connectivity index (χ0n) is 12.2. The molecule has 1 unspecified atom stereocenters. The Kier molecular flexibility index (Phi) is 3.96. The number of aromatic nitrogens is 1. The van der Waals surface area contributed by atoms with Crippen LogP contribution in [0.4, 0.5) is 11.5 Å². The Morgan fingerprint density at radius 3 is 2.75 bits per heavy atom. The summed E-state index contributed by atoms with van der Waals surface area (Å²) in [5.41, 5.74) is 6.43. The van der Waals surface area contributed by atoms with Gasteiger partial charge in [-0.05, 0) is 44.5 Å². The first-order valence-corrected chi connectivity index (χ1v) is 7.57. The third-order valence-corrected chi connectivity index (χ3v) is 4.46. The summed E-state index contributed by atoms with van der Waals surface area (Å²) in [6, 6.07) is 4.56. The molecule has 2 aliphatic heterocycles. The summed E-state index contributed by atoms with van der Waals surface area (Å²) in [5, 5.41) is 0. The number of anilines is 2. The van der Waals surface area contributed by atoms with Gasteiger partial charge in [-0.15, -0.1) is 0 Å². The van der Waals surface area contributed by atoms with Gasteiger partial charge in [-0.25, -0.2) is 0 Å². The molecule has 0 amide bonds. The van der Waals surface area contributed by atoms with E-state index in [9.17, 15) is 0 Å². The second-order valence-corrected chi connectivity index (χ2v) is 5.75. The van der Waals surface area contributed by atoms with Crippen molar-refractivity contribution in [2.24, 2.45) is 0 Å². The fraction of sp³-hybridized carbons (Fsp3) is 0.667. The maximum absolute atomic E-state index is 5.83. The minimum atomic E-state index is 0.531. The lowest BCUT2D eigenvalue weighted by molar-refractivity contribution is 0.175. The van der Waals surface area contributed by atoms with Crippen LogP contribution >= 0.6 is 0 Å². The molecule has 0 aliphatic carbocycles. The van der Waals surface area contributed by atoms with Crippen LogP contribution in [0.2, 0.25) is 0 Å². The molecule has 2 fully saturated rings. The molecule has 2 N–H and O–H groups in total. The van der Waals surface area contributed by atoms with Crippen LogP contribution in [0.25, 0.3) is 0 Å². The third-order valence-electron chi connectivity index (χ3n) is 4.46. The van der Waals surface area contributed by atoms with Crippen LogP contribution in [0, 0.1) is 0 Å². The van der Waals surface area contributed by atoms with E-state index >= 15 is 0 Å². The number of hydrogen-bond acceptors (Lipinski definition) is 5. The van der Waals surface area contributed by atoms with E-state index in [0.717, 1.165) is 18.9 Å². The summed E-state index contributed by atoms with van der Waals surface area (Å²) in [7, 11) is 1.61. The lowest BCUT2D eigenvalue weighted by Crippen LogP contribution is -2.40. The molecule has 0 saturated carbocycles. The molecular formula is C15H24N4O. The van der Waals surface area contributed by atoms with E-state index < -0.39 is 0 Å². The maximum atomic E-state index is 5.83. The number of piperidine rings is 1. The molecule has 5 heteroatoms. The summed E-state index contributed by atoms with van der Waals surface area (Å²) in [5.74, 6) is 1.51. The molecule has 0 spiro atoms. The van der Waals surface area contributed by atoms with Crippen molar-refractivity contribution in [3.8, 4) is 5.88 Å². The molecule has 3 heterocycles. The van der Waals surface area contributed by atoms with Crippen LogP contribution in [-0.4, -0.2) is 49.2 Å². The van der Waals surface area contributed by atoms with Gasteiger partial charge in [0.25, 0.3) is 0 Å². The zero-order valence-corrected chi connectivity index (χ0v) is 12.2. The van der Waals surface area contributed by atoms with Gasteiger partial charge in [0.1, 0.15) is 5.82 Å². The largest absolute Gasteiger partial charge is 0.479 e. The number of nitrogens with zero attached hydrogens (tertiary/aromatic N) is 3. The fourth-order valence-corrected chi connectivity index (χ4v) is 3.31. The maximum Gasteiger partial charge on any atom is 0.238 e. The van der Waals surface area contributed by atoms with Crippen molar-refractivity contribution in [3.63, 3.8) is 0 Å². The standard InChI is InChI=1S/C15H24N4O/c1-20-15-13(16)5-6-14(17-15)19-10-7-12(11-19)18-8-3-2-4-9-18/h5-6,12H,2-4,7-11,16H2,1H3. The highest BCUT2D eigenvalue weighted by molar-refractivity contribution is 5.55. The van der Waals surface area contributed by atoms with Gasteiger partial charge in [0.2, 0.25) is 5.88 Å². The smallest absolute Gasteiger partial charge is 0.238 e. The summed E-state index contributed by atoms with van der Waals surface area (Å²) in [6.45, 7) is 4.66. The Morgan fingerprint density at radius 1 is 1.20 bits per heavy atom. The first-order chi connectivity index (χ1) is 9.78. The highest BCUT2D eigenvalue weighted by Crippen LogP contribution is 2.27. The van der Waals surface area contributed by atoms with Crippen molar-refractivity contribution < 1.29 is 4.74 Å². The van der Waals surface area contributed by atoms with Crippen LogP contribution in [-0.2, 0) is 0 Å². The van der Waals surface area contributed by atoms with Crippen molar-refractivity contribution in [2.75, 3.05) is 43.9 Å². The topological polar surface area (TPSA) is 54.6 Å². The van der Waals surface area contributed by atoms with E-state index in [1.807, 2.05) is 12.1 Å². The van der Waals surface area contributed by atoms with Crippen molar-refractivity contribution in [1.29, 1.82) is 0 Å². The fourth-order valence-electron chi connectivity index (χ4n) is 3.31. The number of likely N-dealkylation sites (tertiary alicyclic amines) is 1. The Hall–Kier alpha value is -1.49. The molecule has 20 heavy (non-hydrogen) atoms. The van der Waals surface area contributed by atoms with E-state index in [-0.39, 0.29) is 0 Å². The lowest BCUT2D eigenvalue weighted by atomic mass is 10.1. The quantitative estimate of drug-likeness (QED) is 0.911. The first-order valence-electron chi connectivity index (χ1n) is 7.57. The van der Waals surface area contributed by atoms with Gasteiger partial charge >= 0.3 is 0 Å². The molecule has 1 atom stereocenters. The van der Waals surface area contributed by atoms with Gasteiger partial charge < -0.3 is 15.4 Å². The Labute approximate surface area is 120 Å². The Morgan fingerprint density at radius 2 is 2.00 bits per heavy atom. The van der Waals surface area contributed by atoms with E-state index in [1.165, 1.54) is 38.8 Å². The third kappa shape index (κ3) is 2.68. The van der Waals surface area contributed by atoms with E-state index in [2.05, 4.69) is 14.8 Å². The molecule has 0 radical (unpaired) electrons. The van der Waals surface area contributed by atoms with E-state index in [0.29, 0.717) is 17.6 Å². The Bertz CT molecular complexity index is 459. The number of methoxy groups -OCH3 is 1. The molecule has 0 bridgehead atoms. The van der Waals surface area contributed by atoms with Crippen molar-refractivity contribution >= 4 is 11.5 Å². The summed E-state index contributed by atoms with van der Waals surface area (Å²) in [6.07, 6.45) is 5.33.